The third kappa shape index (κ3) is 12.3. The van der Waals surface area contributed by atoms with E-state index in [4.69, 9.17) is 16.3 Å². The van der Waals surface area contributed by atoms with Gasteiger partial charge in [-0.05, 0) is 72.5 Å². The lowest BCUT2D eigenvalue weighted by Gasteiger charge is -2.31. The number of aromatic nitrogens is 1. The third-order valence-corrected chi connectivity index (χ3v) is 10.6. The number of nitrogens with one attached hydrogen (secondary N) is 7. The number of cyclic esters (lactones) is 1. The first-order chi connectivity index (χ1) is 31.4. The molecule has 7 atom stereocenters. The second kappa shape index (κ2) is 21.1. The average molecular weight is 924 g/mol. The van der Waals surface area contributed by atoms with E-state index in [-0.39, 0.29) is 34.8 Å². The molecule has 0 bridgehead atoms. The molecule has 4 aromatic carbocycles. The maximum atomic E-state index is 14.6. The van der Waals surface area contributed by atoms with Gasteiger partial charge in [0.2, 0.25) is 29.5 Å². The molecule has 1 saturated heterocycles. The second-order valence-corrected chi connectivity index (χ2v) is 15.9. The largest absolute Gasteiger partial charge is 0.508 e. The molecule has 66 heavy (non-hydrogen) atoms. The Kier molecular flexibility index (Phi) is 15.1. The lowest BCUT2D eigenvalue weighted by Crippen LogP contribution is -2.62. The summed E-state index contributed by atoms with van der Waals surface area (Å²) >= 11 is 6.01. The van der Waals surface area contributed by atoms with E-state index in [0.717, 1.165) is 36.4 Å². The fourth-order valence-electron chi connectivity index (χ4n) is 7.11. The highest BCUT2D eigenvalue weighted by molar-refractivity contribution is 6.29. The second-order valence-electron chi connectivity index (χ2n) is 15.5. The standard InChI is InChI=1S/C46H46ClN7O12/c1-23-40(59)53-38(27-17-29(55)21-30(56)18-27)45(64)54-39(28-19-31(57)22-32(58)20-28)46(65)66-24(2)37(44(63)51-34(42(61)48-23)15-25-9-5-3-6-10-25)52-43(62)35(16-26-11-7-4-8-12-26)50-41(60)33-13-14-36(47)49-33/h3-14,17-24,34-35,37-39,49,55-58H,15-16H2,1-2H3,(H,48,61)(H,50,60)(H,51,63)(H,52,62)(H,53,59)(H,54,64)/t23-,24-,34-,35+,37-,38-,39-/m1/s1. The van der Waals surface area contributed by atoms with Crippen molar-refractivity contribution in [1.82, 2.24) is 36.9 Å². The number of phenolic OH excluding ortho intramolecular Hbond substituents is 4. The van der Waals surface area contributed by atoms with Crippen molar-refractivity contribution in [2.45, 2.75) is 69.0 Å². The van der Waals surface area contributed by atoms with Crippen LogP contribution in [0.15, 0.2) is 109 Å². The first-order valence-corrected chi connectivity index (χ1v) is 20.8. The number of carbonyl (C=O) groups is 7. The van der Waals surface area contributed by atoms with Crippen LogP contribution in [-0.2, 0) is 46.3 Å². The summed E-state index contributed by atoms with van der Waals surface area (Å²) in [6.45, 7) is 2.53. The van der Waals surface area contributed by atoms with E-state index in [2.05, 4.69) is 36.9 Å². The Hall–Kier alpha value is -8.06. The number of benzene rings is 4. The van der Waals surface area contributed by atoms with E-state index in [1.165, 1.54) is 26.0 Å². The Labute approximate surface area is 381 Å². The highest BCUT2D eigenvalue weighted by Gasteiger charge is 2.39. The third-order valence-electron chi connectivity index (χ3n) is 10.4. The Bertz CT molecular complexity index is 2570. The fraction of sp³-hybridized carbons (Fsp3) is 0.239. The number of aromatic amines is 1. The van der Waals surface area contributed by atoms with Crippen molar-refractivity contribution >= 4 is 53.0 Å². The minimum atomic E-state index is -1.92. The Morgan fingerprint density at radius 1 is 0.652 bits per heavy atom. The van der Waals surface area contributed by atoms with Gasteiger partial charge in [0.05, 0.1) is 0 Å². The molecule has 20 heteroatoms. The summed E-state index contributed by atoms with van der Waals surface area (Å²) in [5.41, 5.74) is 0.770. The normalized spacial score (nSPS) is 21.2. The zero-order valence-corrected chi connectivity index (χ0v) is 36.0. The SMILES string of the molecule is C[C@H]1NC(=O)[C@@H](Cc2ccccc2)NC(=O)[C@H](NC(=O)[C@H](Cc2ccccc2)NC(=O)c2ccc(Cl)[nH]2)[C@@H](C)OC(=O)[C@@H](c2cc(O)cc(O)c2)NC(=O)[C@@H](c2cc(O)cc(O)c2)NC1=O. The molecule has 1 aromatic heterocycles. The van der Waals surface area contributed by atoms with Crippen LogP contribution in [-0.4, -0.2) is 97.1 Å². The zero-order valence-electron chi connectivity index (χ0n) is 35.3. The fourth-order valence-corrected chi connectivity index (χ4v) is 7.27. The first-order valence-electron chi connectivity index (χ1n) is 20.5. The molecule has 11 N–H and O–H groups in total. The van der Waals surface area contributed by atoms with E-state index in [1.54, 1.807) is 60.7 Å². The Balaban J connectivity index is 1.43. The highest BCUT2D eigenvalue weighted by atomic mass is 35.5. The van der Waals surface area contributed by atoms with E-state index >= 15 is 0 Å². The summed E-state index contributed by atoms with van der Waals surface area (Å²) in [4.78, 5) is 102. The van der Waals surface area contributed by atoms with Crippen LogP contribution in [0, 0.1) is 0 Å². The molecule has 5 aromatic rings. The molecule has 19 nitrogen and oxygen atoms in total. The van der Waals surface area contributed by atoms with Crippen molar-refractivity contribution in [1.29, 1.82) is 0 Å². The van der Waals surface area contributed by atoms with Crippen LogP contribution in [0.5, 0.6) is 23.0 Å². The van der Waals surface area contributed by atoms with Crippen LogP contribution in [0.1, 0.15) is 58.7 Å². The summed E-state index contributed by atoms with van der Waals surface area (Å²) in [5, 5.41) is 56.9. The number of rotatable bonds is 10. The van der Waals surface area contributed by atoms with Crippen LogP contribution in [0.3, 0.4) is 0 Å². The summed E-state index contributed by atoms with van der Waals surface area (Å²) in [7, 11) is 0. The average Bonchev–Trinajstić information content (AvgIpc) is 3.71. The Morgan fingerprint density at radius 2 is 1.20 bits per heavy atom. The van der Waals surface area contributed by atoms with Crippen molar-refractivity contribution in [3.63, 3.8) is 0 Å². The van der Waals surface area contributed by atoms with Gasteiger partial charge in [-0.25, -0.2) is 4.79 Å². The number of H-pyrrole nitrogens is 1. The number of ether oxygens (including phenoxy) is 1. The maximum absolute atomic E-state index is 14.6. The van der Waals surface area contributed by atoms with E-state index < -0.39 is 107 Å². The number of carbonyl (C=O) groups excluding carboxylic acids is 7. The first kappa shape index (κ1) is 47.4. The van der Waals surface area contributed by atoms with Gasteiger partial charge in [0.1, 0.15) is 70.2 Å². The van der Waals surface area contributed by atoms with Gasteiger partial charge in [-0.3, -0.25) is 28.8 Å². The van der Waals surface area contributed by atoms with Gasteiger partial charge in [-0.2, -0.15) is 0 Å². The van der Waals surface area contributed by atoms with Crippen LogP contribution >= 0.6 is 11.6 Å². The summed E-state index contributed by atoms with van der Waals surface area (Å²) in [6.07, 6.45) is -1.89. The Morgan fingerprint density at radius 3 is 1.76 bits per heavy atom. The van der Waals surface area contributed by atoms with Crippen molar-refractivity contribution in [3.05, 3.63) is 142 Å². The topological polar surface area (TPSA) is 298 Å². The van der Waals surface area contributed by atoms with Gasteiger partial charge >= 0.3 is 5.97 Å². The van der Waals surface area contributed by atoms with Crippen LogP contribution in [0.25, 0.3) is 0 Å². The minimum Gasteiger partial charge on any atom is -0.508 e. The maximum Gasteiger partial charge on any atom is 0.333 e. The van der Waals surface area contributed by atoms with Crippen molar-refractivity contribution in [3.8, 4) is 23.0 Å². The molecular formula is C46H46ClN7O12. The molecule has 2 heterocycles. The molecule has 6 amide bonds. The van der Waals surface area contributed by atoms with Gasteiger partial charge in [-0.1, -0.05) is 72.3 Å². The van der Waals surface area contributed by atoms with Gasteiger partial charge < -0.3 is 62.0 Å². The molecule has 0 spiro atoms. The minimum absolute atomic E-state index is 0.0162. The smallest absolute Gasteiger partial charge is 0.333 e. The zero-order chi connectivity index (χ0) is 47.7. The van der Waals surface area contributed by atoms with E-state index in [0.29, 0.717) is 11.1 Å². The van der Waals surface area contributed by atoms with Gasteiger partial charge in [0.15, 0.2) is 6.04 Å². The highest BCUT2D eigenvalue weighted by Crippen LogP contribution is 2.29. The number of amides is 6. The van der Waals surface area contributed by atoms with Crippen LogP contribution < -0.4 is 31.9 Å². The molecule has 1 aliphatic heterocycles. The number of hydrogen-bond donors (Lipinski definition) is 11. The van der Waals surface area contributed by atoms with Crippen molar-refractivity contribution in [2.24, 2.45) is 0 Å². The van der Waals surface area contributed by atoms with Crippen LogP contribution in [0.4, 0.5) is 0 Å². The predicted octanol–water partition coefficient (Wildman–Crippen LogP) is 2.21. The van der Waals surface area contributed by atoms with E-state index in [9.17, 15) is 54.0 Å². The summed E-state index contributed by atoms with van der Waals surface area (Å²) < 4.78 is 5.81. The summed E-state index contributed by atoms with van der Waals surface area (Å²) in [6, 6.07) is 16.2. The quantitative estimate of drug-likeness (QED) is 0.0900. The molecule has 6 rings (SSSR count). The van der Waals surface area contributed by atoms with Gasteiger partial charge in [0.25, 0.3) is 5.91 Å². The summed E-state index contributed by atoms with van der Waals surface area (Å²) in [5.74, 6) is -9.11. The molecule has 0 aliphatic carbocycles. The van der Waals surface area contributed by atoms with Gasteiger partial charge in [0, 0.05) is 25.0 Å². The van der Waals surface area contributed by atoms with E-state index in [1.807, 2.05) is 0 Å². The molecule has 1 fully saturated rings. The molecule has 0 radical (unpaired) electrons. The number of hydrogen-bond acceptors (Lipinski definition) is 12. The molecule has 344 valence electrons. The lowest BCUT2D eigenvalue weighted by molar-refractivity contribution is -0.156. The molecule has 0 unspecified atom stereocenters. The van der Waals surface area contributed by atoms with Crippen molar-refractivity contribution in [2.75, 3.05) is 0 Å². The number of esters is 1. The number of halogens is 1. The predicted molar refractivity (Wildman–Crippen MR) is 236 cm³/mol. The molecule has 1 aliphatic rings. The van der Waals surface area contributed by atoms with Crippen molar-refractivity contribution < 1.29 is 58.7 Å². The molecule has 0 saturated carbocycles. The number of phenols is 4. The lowest BCUT2D eigenvalue weighted by atomic mass is 10.0. The van der Waals surface area contributed by atoms with Crippen LogP contribution in [0.2, 0.25) is 5.15 Å². The number of aromatic hydroxyl groups is 4. The molecular weight excluding hydrogens is 878 g/mol. The van der Waals surface area contributed by atoms with Gasteiger partial charge in [-0.15, -0.1) is 0 Å². The monoisotopic (exact) mass is 923 g/mol.